The second-order valence-corrected chi connectivity index (χ2v) is 7.39. The molecule has 1 aromatic heterocycles. The number of carbonyl (C=O) groups excluding carboxylic acids is 1. The zero-order chi connectivity index (χ0) is 19.2. The van der Waals surface area contributed by atoms with Crippen molar-refractivity contribution in [3.05, 3.63) is 11.7 Å². The van der Waals surface area contributed by atoms with Crippen molar-refractivity contribution >= 4 is 12.1 Å². The fraction of sp³-hybridized carbons (Fsp3) is 0.765. The van der Waals surface area contributed by atoms with E-state index in [1.807, 2.05) is 27.7 Å². The third-order valence-electron chi connectivity index (χ3n) is 3.84. The Bertz CT molecular complexity index is 622. The second-order valence-electron chi connectivity index (χ2n) is 7.39. The summed E-state index contributed by atoms with van der Waals surface area (Å²) >= 11 is 0. The van der Waals surface area contributed by atoms with Crippen molar-refractivity contribution < 1.29 is 14.1 Å². The summed E-state index contributed by atoms with van der Waals surface area (Å²) in [4.78, 5) is 22.5. The minimum Gasteiger partial charge on any atom is -0.444 e. The molecule has 0 aliphatic carbocycles. The van der Waals surface area contributed by atoms with Gasteiger partial charge in [0.05, 0.1) is 6.04 Å². The number of likely N-dealkylation sites (tertiary alicyclic amines) is 1. The maximum absolute atomic E-state index is 11.9. The lowest BCUT2D eigenvalue weighted by molar-refractivity contribution is 0.0507. The highest BCUT2D eigenvalue weighted by molar-refractivity contribution is 5.80. The third kappa shape index (κ3) is 6.53. The molecule has 0 aromatic carbocycles. The van der Waals surface area contributed by atoms with Crippen LogP contribution >= 0.6 is 0 Å². The highest BCUT2D eigenvalue weighted by Crippen LogP contribution is 2.12. The molecule has 1 fully saturated rings. The van der Waals surface area contributed by atoms with Crippen LogP contribution in [0.3, 0.4) is 0 Å². The van der Waals surface area contributed by atoms with E-state index in [1.54, 1.807) is 7.05 Å². The first-order valence-corrected chi connectivity index (χ1v) is 9.01. The van der Waals surface area contributed by atoms with Gasteiger partial charge in [-0.3, -0.25) is 4.99 Å². The number of ether oxygens (including phenoxy) is 1. The molecule has 1 aromatic rings. The molecule has 1 atom stereocenters. The lowest BCUT2D eigenvalue weighted by Gasteiger charge is -2.23. The van der Waals surface area contributed by atoms with Gasteiger partial charge in [0.2, 0.25) is 5.89 Å². The van der Waals surface area contributed by atoms with Crippen LogP contribution in [0.1, 0.15) is 45.3 Å². The van der Waals surface area contributed by atoms with Crippen LogP contribution in [-0.4, -0.2) is 65.4 Å². The molecule has 0 radical (unpaired) electrons. The van der Waals surface area contributed by atoms with Crippen molar-refractivity contribution in [1.29, 1.82) is 0 Å². The average molecular weight is 366 g/mol. The number of alkyl carbamates (subject to hydrolysis) is 1. The Morgan fingerprint density at radius 3 is 2.85 bits per heavy atom. The molecule has 2 heterocycles. The summed E-state index contributed by atoms with van der Waals surface area (Å²) in [6, 6.07) is 0.0600. The molecule has 1 aliphatic heterocycles. The van der Waals surface area contributed by atoms with Gasteiger partial charge in [-0.15, -0.1) is 0 Å². The number of amides is 1. The van der Waals surface area contributed by atoms with E-state index in [9.17, 15) is 4.79 Å². The topological polar surface area (TPSA) is 105 Å². The summed E-state index contributed by atoms with van der Waals surface area (Å²) in [5.41, 5.74) is -0.489. The third-order valence-corrected chi connectivity index (χ3v) is 3.84. The van der Waals surface area contributed by atoms with Gasteiger partial charge >= 0.3 is 6.09 Å². The number of aryl methyl sites for hydroxylation is 2. The molecule has 1 unspecified atom stereocenters. The molecule has 0 saturated carbocycles. The summed E-state index contributed by atoms with van der Waals surface area (Å²) in [6.07, 6.45) is 2.09. The quantitative estimate of drug-likeness (QED) is 0.462. The molecule has 1 saturated heterocycles. The predicted molar refractivity (Wildman–Crippen MR) is 98.1 cm³/mol. The minimum atomic E-state index is -0.489. The Labute approximate surface area is 154 Å². The monoisotopic (exact) mass is 366 g/mol. The molecule has 146 valence electrons. The maximum atomic E-state index is 11.9. The van der Waals surface area contributed by atoms with Crippen LogP contribution in [0.2, 0.25) is 0 Å². The zero-order valence-electron chi connectivity index (χ0n) is 16.3. The Morgan fingerprint density at radius 1 is 1.46 bits per heavy atom. The molecule has 0 spiro atoms. The average Bonchev–Trinajstić information content (AvgIpc) is 3.15. The summed E-state index contributed by atoms with van der Waals surface area (Å²) in [5.74, 6) is 2.15. The van der Waals surface area contributed by atoms with E-state index in [-0.39, 0.29) is 12.1 Å². The van der Waals surface area contributed by atoms with E-state index in [0.29, 0.717) is 18.3 Å². The molecule has 1 aliphatic rings. The first kappa shape index (κ1) is 20.0. The fourth-order valence-electron chi connectivity index (χ4n) is 2.76. The second kappa shape index (κ2) is 8.86. The fourth-order valence-corrected chi connectivity index (χ4v) is 2.76. The predicted octanol–water partition coefficient (Wildman–Crippen LogP) is 1.49. The van der Waals surface area contributed by atoms with E-state index < -0.39 is 5.60 Å². The van der Waals surface area contributed by atoms with Crippen molar-refractivity contribution in [3.8, 4) is 0 Å². The standard InChI is InChI=1S/C17H30N6O3/c1-12-20-14(26-22-12)7-6-9-19-15(18-5)23-10-8-13(11-23)21-16(24)25-17(2,3)4/h13H,6-11H2,1-5H3,(H,18,19)(H,21,24). The van der Waals surface area contributed by atoms with Crippen LogP contribution in [0.4, 0.5) is 4.79 Å². The Morgan fingerprint density at radius 2 is 2.23 bits per heavy atom. The van der Waals surface area contributed by atoms with Gasteiger partial charge in [-0.05, 0) is 40.5 Å². The van der Waals surface area contributed by atoms with E-state index in [1.165, 1.54) is 0 Å². The lowest BCUT2D eigenvalue weighted by Crippen LogP contribution is -2.44. The first-order valence-electron chi connectivity index (χ1n) is 9.01. The number of guanidine groups is 1. The van der Waals surface area contributed by atoms with Gasteiger partial charge in [0.15, 0.2) is 11.8 Å². The molecule has 26 heavy (non-hydrogen) atoms. The summed E-state index contributed by atoms with van der Waals surface area (Å²) < 4.78 is 10.4. The van der Waals surface area contributed by atoms with Gasteiger partial charge in [-0.25, -0.2) is 4.79 Å². The normalized spacial score (nSPS) is 18.1. The van der Waals surface area contributed by atoms with Crippen molar-refractivity contribution in [1.82, 2.24) is 25.7 Å². The van der Waals surface area contributed by atoms with E-state index >= 15 is 0 Å². The number of aliphatic imine (C=N–C) groups is 1. The Kier molecular flexibility index (Phi) is 6.82. The summed E-state index contributed by atoms with van der Waals surface area (Å²) in [6.45, 7) is 9.68. The smallest absolute Gasteiger partial charge is 0.407 e. The van der Waals surface area contributed by atoms with E-state index in [4.69, 9.17) is 9.26 Å². The van der Waals surface area contributed by atoms with Crippen LogP contribution in [0.5, 0.6) is 0 Å². The van der Waals surface area contributed by atoms with Gasteiger partial charge in [0.1, 0.15) is 5.60 Å². The number of carbonyl (C=O) groups is 1. The SMILES string of the molecule is CN=C(NCCCc1nc(C)no1)N1CCC(NC(=O)OC(C)(C)C)C1. The Balaban J connectivity index is 1.70. The maximum Gasteiger partial charge on any atom is 0.407 e. The van der Waals surface area contributed by atoms with Gasteiger partial charge in [-0.2, -0.15) is 4.98 Å². The highest BCUT2D eigenvalue weighted by Gasteiger charge is 2.27. The van der Waals surface area contributed by atoms with Gasteiger partial charge in [0, 0.05) is 33.1 Å². The summed E-state index contributed by atoms with van der Waals surface area (Å²) in [5, 5.41) is 10.0. The molecule has 9 heteroatoms. The first-order chi connectivity index (χ1) is 12.3. The molecule has 2 N–H and O–H groups in total. The van der Waals surface area contributed by atoms with Crippen LogP contribution in [0, 0.1) is 6.92 Å². The van der Waals surface area contributed by atoms with Crippen LogP contribution < -0.4 is 10.6 Å². The molecule has 9 nitrogen and oxygen atoms in total. The van der Waals surface area contributed by atoms with Crippen molar-refractivity contribution in [2.75, 3.05) is 26.7 Å². The van der Waals surface area contributed by atoms with Crippen molar-refractivity contribution in [3.63, 3.8) is 0 Å². The van der Waals surface area contributed by atoms with Crippen LogP contribution in [0.25, 0.3) is 0 Å². The van der Waals surface area contributed by atoms with Crippen LogP contribution in [0.15, 0.2) is 9.52 Å². The number of aromatic nitrogens is 2. The number of hydrogen-bond acceptors (Lipinski definition) is 6. The number of rotatable bonds is 5. The molecule has 1 amide bonds. The van der Waals surface area contributed by atoms with Gasteiger partial charge in [-0.1, -0.05) is 5.16 Å². The van der Waals surface area contributed by atoms with Gasteiger partial charge in [0.25, 0.3) is 0 Å². The number of nitrogens with zero attached hydrogens (tertiary/aromatic N) is 4. The Hall–Kier alpha value is -2.32. The van der Waals surface area contributed by atoms with E-state index in [2.05, 4.69) is 30.7 Å². The minimum absolute atomic E-state index is 0.0600. The number of nitrogens with one attached hydrogen (secondary N) is 2. The van der Waals surface area contributed by atoms with Crippen molar-refractivity contribution in [2.45, 2.75) is 58.6 Å². The molecule has 2 rings (SSSR count). The molecular formula is C17H30N6O3. The molecular weight excluding hydrogens is 336 g/mol. The van der Waals surface area contributed by atoms with E-state index in [0.717, 1.165) is 38.3 Å². The number of hydrogen-bond donors (Lipinski definition) is 2. The van der Waals surface area contributed by atoms with Crippen molar-refractivity contribution in [2.24, 2.45) is 4.99 Å². The zero-order valence-corrected chi connectivity index (χ0v) is 16.3. The lowest BCUT2D eigenvalue weighted by atomic mass is 10.2. The largest absolute Gasteiger partial charge is 0.444 e. The van der Waals surface area contributed by atoms with Crippen LogP contribution in [-0.2, 0) is 11.2 Å². The summed E-state index contributed by atoms with van der Waals surface area (Å²) in [7, 11) is 1.76. The highest BCUT2D eigenvalue weighted by atomic mass is 16.6. The molecule has 0 bridgehead atoms. The van der Waals surface area contributed by atoms with Gasteiger partial charge < -0.3 is 24.8 Å².